The minimum atomic E-state index is -0.820. The van der Waals surface area contributed by atoms with Crippen LogP contribution in [0.2, 0.25) is 0 Å². The molecule has 33 heavy (non-hydrogen) atoms. The van der Waals surface area contributed by atoms with Gasteiger partial charge in [-0.15, -0.1) is 38.1 Å². The Bertz CT molecular complexity index is 1060. The van der Waals surface area contributed by atoms with Crippen LogP contribution in [0.15, 0.2) is 17.5 Å². The Morgan fingerprint density at radius 1 is 1.36 bits per heavy atom. The highest BCUT2D eigenvalue weighted by atomic mass is 32.2. The lowest BCUT2D eigenvalue weighted by atomic mass is 9.95. The minimum absolute atomic E-state index is 0.167. The van der Waals surface area contributed by atoms with Crippen molar-refractivity contribution < 1.29 is 19.1 Å². The van der Waals surface area contributed by atoms with E-state index in [4.69, 9.17) is 10.5 Å². The number of nitrogens with zero attached hydrogens (tertiary/aromatic N) is 5. The summed E-state index contributed by atoms with van der Waals surface area (Å²) in [5, 5.41) is 16.8. The van der Waals surface area contributed by atoms with Crippen molar-refractivity contribution >= 4 is 40.9 Å². The SMILES string of the molecule is CC(C)(C)C(=O)OCn1nnc(C2N3C(=O)C(NC(=O)C(N)c4cccs4)[C@H]3SC2(C)C)n1. The van der Waals surface area contributed by atoms with Gasteiger partial charge in [0.2, 0.25) is 18.5 Å². The van der Waals surface area contributed by atoms with Gasteiger partial charge in [0.05, 0.1) is 5.41 Å². The summed E-state index contributed by atoms with van der Waals surface area (Å²) in [5.41, 5.74) is 5.40. The first-order chi connectivity index (χ1) is 15.4. The molecule has 2 aliphatic heterocycles. The first kappa shape index (κ1) is 23.6. The molecule has 2 saturated heterocycles. The van der Waals surface area contributed by atoms with Crippen LogP contribution < -0.4 is 11.1 Å². The maximum absolute atomic E-state index is 13.0. The number of ether oxygens (including phenoxy) is 1. The third-order valence-corrected chi connectivity index (χ3v) is 8.03. The minimum Gasteiger partial charge on any atom is -0.440 e. The van der Waals surface area contributed by atoms with E-state index in [0.29, 0.717) is 5.82 Å². The average Bonchev–Trinajstić information content (AvgIpc) is 3.47. The molecule has 0 aliphatic carbocycles. The van der Waals surface area contributed by atoms with E-state index >= 15 is 0 Å². The Labute approximate surface area is 199 Å². The topological polar surface area (TPSA) is 145 Å². The number of nitrogens with two attached hydrogens (primary N) is 1. The van der Waals surface area contributed by atoms with E-state index in [0.717, 1.165) is 4.88 Å². The third kappa shape index (κ3) is 4.36. The second-order valence-electron chi connectivity index (χ2n) is 9.57. The molecule has 2 aliphatic rings. The number of tetrazole rings is 1. The standard InChI is InChI=1S/C20H27N7O4S2/c1-19(2,3)18(30)31-9-26-24-14(23-25-26)13-20(4,5)33-17-12(16(29)27(13)17)22-15(28)11(21)10-7-6-8-32-10/h6-8,11-13,17H,9,21H2,1-5H3,(H,22,28)/t11?,12?,13?,17-/m1/s1. The molecule has 2 aromatic rings. The van der Waals surface area contributed by atoms with E-state index in [-0.39, 0.29) is 29.9 Å². The molecule has 4 rings (SSSR count). The number of nitrogens with one attached hydrogen (secondary N) is 1. The molecule has 4 atom stereocenters. The zero-order valence-electron chi connectivity index (χ0n) is 19.0. The van der Waals surface area contributed by atoms with Crippen LogP contribution in [0, 0.1) is 5.41 Å². The van der Waals surface area contributed by atoms with Crippen molar-refractivity contribution in [3.05, 3.63) is 28.2 Å². The molecule has 2 aromatic heterocycles. The summed E-state index contributed by atoms with van der Waals surface area (Å²) in [4.78, 5) is 41.2. The van der Waals surface area contributed by atoms with Crippen molar-refractivity contribution in [2.24, 2.45) is 11.1 Å². The summed E-state index contributed by atoms with van der Waals surface area (Å²) >= 11 is 2.96. The van der Waals surface area contributed by atoms with Gasteiger partial charge in [-0.05, 0) is 51.3 Å². The van der Waals surface area contributed by atoms with Crippen LogP contribution in [0.1, 0.15) is 57.4 Å². The number of rotatable bonds is 6. The summed E-state index contributed by atoms with van der Waals surface area (Å²) in [6, 6.07) is 1.69. The predicted molar refractivity (Wildman–Crippen MR) is 122 cm³/mol. The molecule has 2 amide bonds. The summed E-state index contributed by atoms with van der Waals surface area (Å²) in [5.74, 6) is -0.627. The van der Waals surface area contributed by atoms with Gasteiger partial charge >= 0.3 is 5.97 Å². The van der Waals surface area contributed by atoms with Gasteiger partial charge in [-0.2, -0.15) is 0 Å². The lowest BCUT2D eigenvalue weighted by Gasteiger charge is -2.44. The predicted octanol–water partition coefficient (Wildman–Crippen LogP) is 1.20. The number of esters is 1. The molecule has 3 unspecified atom stereocenters. The maximum Gasteiger partial charge on any atom is 0.313 e. The molecule has 13 heteroatoms. The Balaban J connectivity index is 1.44. The molecule has 2 fully saturated rings. The van der Waals surface area contributed by atoms with Crippen LogP contribution in [-0.4, -0.2) is 59.1 Å². The molecular formula is C20H27N7O4S2. The smallest absolute Gasteiger partial charge is 0.313 e. The number of fused-ring (bicyclic) bond motifs is 1. The fourth-order valence-electron chi connectivity index (χ4n) is 3.76. The van der Waals surface area contributed by atoms with Gasteiger partial charge in [-0.3, -0.25) is 14.4 Å². The molecule has 0 saturated carbocycles. The van der Waals surface area contributed by atoms with E-state index in [1.807, 2.05) is 25.3 Å². The van der Waals surface area contributed by atoms with Gasteiger partial charge in [0.25, 0.3) is 0 Å². The molecule has 0 aromatic carbocycles. The fourth-order valence-corrected chi connectivity index (χ4v) is 6.11. The number of aromatic nitrogens is 4. The number of hydrogen-bond acceptors (Lipinski definition) is 10. The Kier molecular flexibility index (Phi) is 5.99. The molecule has 0 bridgehead atoms. The lowest BCUT2D eigenvalue weighted by molar-refractivity contribution is -0.158. The Morgan fingerprint density at radius 3 is 2.73 bits per heavy atom. The zero-order chi connectivity index (χ0) is 24.1. The molecule has 0 spiro atoms. The van der Waals surface area contributed by atoms with Gasteiger partial charge in [0, 0.05) is 9.62 Å². The summed E-state index contributed by atoms with van der Waals surface area (Å²) in [6.45, 7) is 9.08. The lowest BCUT2D eigenvalue weighted by Crippen LogP contribution is -2.68. The van der Waals surface area contributed by atoms with E-state index in [1.165, 1.54) is 16.1 Å². The summed E-state index contributed by atoms with van der Waals surface area (Å²) in [7, 11) is 0. The van der Waals surface area contributed by atoms with Gasteiger partial charge in [-0.1, -0.05) is 6.07 Å². The normalized spacial score (nSPS) is 24.7. The van der Waals surface area contributed by atoms with Crippen molar-refractivity contribution in [2.45, 2.75) is 69.6 Å². The second-order valence-corrected chi connectivity index (χ2v) is 12.3. The van der Waals surface area contributed by atoms with Crippen molar-refractivity contribution in [1.29, 1.82) is 0 Å². The number of thioether (sulfide) groups is 1. The Morgan fingerprint density at radius 2 is 2.09 bits per heavy atom. The number of amides is 2. The summed E-state index contributed by atoms with van der Waals surface area (Å²) < 4.78 is 4.81. The summed E-state index contributed by atoms with van der Waals surface area (Å²) in [6.07, 6.45) is 0. The van der Waals surface area contributed by atoms with Crippen LogP contribution in [-0.2, 0) is 25.9 Å². The average molecular weight is 494 g/mol. The number of carbonyl (C=O) groups excluding carboxylic acids is 3. The van der Waals surface area contributed by atoms with Crippen LogP contribution >= 0.6 is 23.1 Å². The monoisotopic (exact) mass is 493 g/mol. The van der Waals surface area contributed by atoms with E-state index in [2.05, 4.69) is 20.7 Å². The quantitative estimate of drug-likeness (QED) is 0.448. The zero-order valence-corrected chi connectivity index (χ0v) is 20.6. The van der Waals surface area contributed by atoms with Gasteiger partial charge < -0.3 is 20.7 Å². The van der Waals surface area contributed by atoms with Crippen molar-refractivity contribution in [1.82, 2.24) is 30.4 Å². The third-order valence-electron chi connectivity index (χ3n) is 5.51. The highest BCUT2D eigenvalue weighted by molar-refractivity contribution is 8.01. The molecule has 4 heterocycles. The van der Waals surface area contributed by atoms with Crippen molar-refractivity contribution in [3.8, 4) is 0 Å². The van der Waals surface area contributed by atoms with Gasteiger partial charge in [0.1, 0.15) is 23.5 Å². The highest BCUT2D eigenvalue weighted by Gasteiger charge is 2.63. The van der Waals surface area contributed by atoms with Crippen molar-refractivity contribution in [2.75, 3.05) is 0 Å². The number of β-lactam (4-membered cyclic amide) rings is 1. The van der Waals surface area contributed by atoms with E-state index in [1.54, 1.807) is 43.5 Å². The van der Waals surface area contributed by atoms with Gasteiger partial charge in [-0.25, -0.2) is 0 Å². The van der Waals surface area contributed by atoms with Crippen LogP contribution in [0.5, 0.6) is 0 Å². The number of thiophene rings is 1. The van der Waals surface area contributed by atoms with Crippen LogP contribution in [0.4, 0.5) is 0 Å². The first-order valence-corrected chi connectivity index (χ1v) is 12.2. The second kappa shape index (κ2) is 8.37. The van der Waals surface area contributed by atoms with Crippen LogP contribution in [0.3, 0.4) is 0 Å². The number of carbonyl (C=O) groups is 3. The molecular weight excluding hydrogens is 466 g/mol. The fraction of sp³-hybridized carbons (Fsp3) is 0.600. The Hall–Kier alpha value is -2.51. The molecule has 0 radical (unpaired) electrons. The maximum atomic E-state index is 13.0. The number of hydrogen-bond donors (Lipinski definition) is 2. The van der Waals surface area contributed by atoms with Crippen LogP contribution in [0.25, 0.3) is 0 Å². The first-order valence-electron chi connectivity index (χ1n) is 10.4. The van der Waals surface area contributed by atoms with Gasteiger partial charge in [0.15, 0.2) is 5.82 Å². The largest absolute Gasteiger partial charge is 0.440 e. The molecule has 3 N–H and O–H groups in total. The highest BCUT2D eigenvalue weighted by Crippen LogP contribution is 2.56. The molecule has 11 nitrogen and oxygen atoms in total. The van der Waals surface area contributed by atoms with Crippen molar-refractivity contribution in [3.63, 3.8) is 0 Å². The van der Waals surface area contributed by atoms with E-state index < -0.39 is 28.3 Å². The van der Waals surface area contributed by atoms with E-state index in [9.17, 15) is 14.4 Å². The molecule has 178 valence electrons.